The summed E-state index contributed by atoms with van der Waals surface area (Å²) in [6.07, 6.45) is 1.91. The highest BCUT2D eigenvalue weighted by atomic mass is 32.2. The number of sulfone groups is 1. The molecule has 0 spiro atoms. The second-order valence-electron chi connectivity index (χ2n) is 4.38. The Bertz CT molecular complexity index is 323. The average Bonchev–Trinajstić information content (AvgIpc) is 2.29. The summed E-state index contributed by atoms with van der Waals surface area (Å²) in [7, 11) is -2.99. The van der Waals surface area contributed by atoms with Crippen LogP contribution in [0.1, 0.15) is 39.5 Å². The van der Waals surface area contributed by atoms with Crippen LogP contribution in [0.4, 0.5) is 0 Å². The van der Waals surface area contributed by atoms with Gasteiger partial charge in [-0.2, -0.15) is 0 Å². The predicted molar refractivity (Wildman–Crippen MR) is 72.5 cm³/mol. The Morgan fingerprint density at radius 2 is 1.67 bits per heavy atom. The van der Waals surface area contributed by atoms with Crippen LogP contribution < -0.4 is 0 Å². The van der Waals surface area contributed by atoms with Crippen LogP contribution in [0, 0.1) is 0 Å². The van der Waals surface area contributed by atoms with Gasteiger partial charge >= 0.3 is 5.97 Å². The summed E-state index contributed by atoms with van der Waals surface area (Å²) in [5.74, 6) is -0.444. The highest BCUT2D eigenvalue weighted by Gasteiger charge is 2.12. The van der Waals surface area contributed by atoms with E-state index in [4.69, 9.17) is 5.11 Å². The number of rotatable bonds is 11. The quantitative estimate of drug-likeness (QED) is 0.578. The lowest BCUT2D eigenvalue weighted by Crippen LogP contribution is -2.29. The minimum atomic E-state index is -2.99. The molecule has 0 bridgehead atoms. The van der Waals surface area contributed by atoms with Gasteiger partial charge in [-0.15, -0.1) is 0 Å². The molecule has 0 aliphatic carbocycles. The molecular formula is C12H25NO4S. The smallest absolute Gasteiger partial charge is 0.303 e. The Kier molecular flexibility index (Phi) is 9.01. The molecule has 0 atom stereocenters. The van der Waals surface area contributed by atoms with E-state index in [1.807, 2.05) is 13.8 Å². The molecule has 18 heavy (non-hydrogen) atoms. The van der Waals surface area contributed by atoms with Gasteiger partial charge in [-0.05, 0) is 25.9 Å². The maximum atomic E-state index is 11.7. The maximum absolute atomic E-state index is 11.7. The first-order chi connectivity index (χ1) is 8.41. The molecule has 0 aromatic rings. The van der Waals surface area contributed by atoms with Gasteiger partial charge in [0.25, 0.3) is 0 Å². The lowest BCUT2D eigenvalue weighted by atomic mass is 10.2. The minimum Gasteiger partial charge on any atom is -0.481 e. The Balaban J connectivity index is 3.77. The second kappa shape index (κ2) is 9.33. The Morgan fingerprint density at radius 1 is 1.06 bits per heavy atom. The number of nitrogens with zero attached hydrogens (tertiary/aromatic N) is 1. The summed E-state index contributed by atoms with van der Waals surface area (Å²) in [5, 5.41) is 8.45. The summed E-state index contributed by atoms with van der Waals surface area (Å²) in [6, 6.07) is 0. The van der Waals surface area contributed by atoms with Crippen molar-refractivity contribution in [1.29, 1.82) is 0 Å². The third-order valence-corrected chi connectivity index (χ3v) is 4.67. The Morgan fingerprint density at radius 3 is 2.17 bits per heavy atom. The van der Waals surface area contributed by atoms with E-state index in [0.717, 1.165) is 13.1 Å². The van der Waals surface area contributed by atoms with Crippen LogP contribution in [0.5, 0.6) is 0 Å². The van der Waals surface area contributed by atoms with Gasteiger partial charge in [-0.25, -0.2) is 8.42 Å². The van der Waals surface area contributed by atoms with Crippen LogP contribution in [-0.2, 0) is 14.6 Å². The van der Waals surface area contributed by atoms with Gasteiger partial charge in [0.15, 0.2) is 9.84 Å². The normalized spacial score (nSPS) is 11.9. The number of carboxylic acid groups (broad SMARTS) is 1. The summed E-state index contributed by atoms with van der Waals surface area (Å²) in [6.45, 7) is 6.35. The van der Waals surface area contributed by atoms with E-state index in [0.29, 0.717) is 25.8 Å². The first-order valence-corrected chi connectivity index (χ1v) is 8.38. The first-order valence-electron chi connectivity index (χ1n) is 6.55. The van der Waals surface area contributed by atoms with Gasteiger partial charge in [0.2, 0.25) is 0 Å². The van der Waals surface area contributed by atoms with E-state index in [1.54, 1.807) is 0 Å². The van der Waals surface area contributed by atoms with Crippen LogP contribution in [0.15, 0.2) is 0 Å². The highest BCUT2D eigenvalue weighted by Crippen LogP contribution is 2.04. The number of hydrogen-bond donors (Lipinski definition) is 1. The molecule has 0 fully saturated rings. The van der Waals surface area contributed by atoms with Gasteiger partial charge in [-0.3, -0.25) is 4.79 Å². The summed E-state index contributed by atoms with van der Waals surface area (Å²) >= 11 is 0. The zero-order chi connectivity index (χ0) is 14.0. The number of aliphatic carboxylic acids is 1. The average molecular weight is 279 g/mol. The molecule has 1 N–H and O–H groups in total. The van der Waals surface area contributed by atoms with E-state index in [1.165, 1.54) is 0 Å². The van der Waals surface area contributed by atoms with E-state index in [-0.39, 0.29) is 17.9 Å². The molecule has 0 saturated heterocycles. The fourth-order valence-electron chi connectivity index (χ4n) is 1.69. The third kappa shape index (κ3) is 9.41. The van der Waals surface area contributed by atoms with Crippen molar-refractivity contribution in [2.24, 2.45) is 0 Å². The van der Waals surface area contributed by atoms with Crippen LogP contribution in [0.3, 0.4) is 0 Å². The molecule has 0 aromatic carbocycles. The molecule has 0 saturated carbocycles. The molecule has 5 nitrogen and oxygen atoms in total. The molecule has 0 aliphatic rings. The number of carbonyl (C=O) groups is 1. The van der Waals surface area contributed by atoms with Crippen molar-refractivity contribution in [1.82, 2.24) is 4.90 Å². The number of unbranched alkanes of at least 4 members (excludes halogenated alkanes) is 2. The minimum absolute atomic E-state index is 0.124. The molecule has 0 rings (SSSR count). The lowest BCUT2D eigenvalue weighted by Gasteiger charge is -2.17. The maximum Gasteiger partial charge on any atom is 0.303 e. The fourth-order valence-corrected chi connectivity index (χ4v) is 3.07. The Labute approximate surface area is 110 Å². The zero-order valence-corrected chi connectivity index (χ0v) is 12.2. The topological polar surface area (TPSA) is 74.7 Å². The molecule has 108 valence electrons. The first kappa shape index (κ1) is 17.4. The van der Waals surface area contributed by atoms with Gasteiger partial charge in [-0.1, -0.05) is 20.3 Å². The van der Waals surface area contributed by atoms with Crippen LogP contribution in [-0.4, -0.2) is 55.5 Å². The molecule has 0 aromatic heterocycles. The molecule has 0 unspecified atom stereocenters. The molecule has 0 heterocycles. The van der Waals surface area contributed by atoms with E-state index in [2.05, 4.69) is 4.90 Å². The third-order valence-electron chi connectivity index (χ3n) is 2.96. The Hall–Kier alpha value is -0.620. The van der Waals surface area contributed by atoms with Gasteiger partial charge in [0.05, 0.1) is 11.5 Å². The summed E-state index contributed by atoms with van der Waals surface area (Å²) < 4.78 is 23.4. The van der Waals surface area contributed by atoms with Gasteiger partial charge < -0.3 is 10.0 Å². The van der Waals surface area contributed by atoms with Crippen molar-refractivity contribution in [3.05, 3.63) is 0 Å². The summed E-state index contributed by atoms with van der Waals surface area (Å²) in [4.78, 5) is 12.4. The fraction of sp³-hybridized carbons (Fsp3) is 0.917. The molecule has 0 aliphatic heterocycles. The van der Waals surface area contributed by atoms with E-state index < -0.39 is 15.8 Å². The van der Waals surface area contributed by atoms with Crippen molar-refractivity contribution < 1.29 is 18.3 Å². The zero-order valence-electron chi connectivity index (χ0n) is 11.4. The van der Waals surface area contributed by atoms with Gasteiger partial charge in [0.1, 0.15) is 0 Å². The SMILES string of the molecule is CCN(CC)CCS(=O)(=O)CCCCCC(=O)O. The van der Waals surface area contributed by atoms with Crippen LogP contribution in [0.25, 0.3) is 0 Å². The predicted octanol–water partition coefficient (Wildman–Crippen LogP) is 1.39. The second-order valence-corrected chi connectivity index (χ2v) is 6.69. The summed E-state index contributed by atoms with van der Waals surface area (Å²) in [5.41, 5.74) is 0. The molecular weight excluding hydrogens is 254 g/mol. The van der Waals surface area contributed by atoms with E-state index in [9.17, 15) is 13.2 Å². The van der Waals surface area contributed by atoms with Crippen molar-refractivity contribution in [3.63, 3.8) is 0 Å². The van der Waals surface area contributed by atoms with Crippen LogP contribution in [0.2, 0.25) is 0 Å². The molecule has 6 heteroatoms. The van der Waals surface area contributed by atoms with Crippen molar-refractivity contribution >= 4 is 15.8 Å². The van der Waals surface area contributed by atoms with Crippen molar-refractivity contribution in [2.45, 2.75) is 39.5 Å². The number of hydrogen-bond acceptors (Lipinski definition) is 4. The van der Waals surface area contributed by atoms with Crippen molar-refractivity contribution in [2.75, 3.05) is 31.1 Å². The lowest BCUT2D eigenvalue weighted by molar-refractivity contribution is -0.137. The van der Waals surface area contributed by atoms with E-state index >= 15 is 0 Å². The monoisotopic (exact) mass is 279 g/mol. The molecule has 0 radical (unpaired) electrons. The largest absolute Gasteiger partial charge is 0.481 e. The van der Waals surface area contributed by atoms with Crippen molar-refractivity contribution in [3.8, 4) is 0 Å². The molecule has 0 amide bonds. The standard InChI is InChI=1S/C12H25NO4S/c1-3-13(4-2)9-11-18(16,17)10-7-5-6-8-12(14)15/h3-11H2,1-2H3,(H,14,15). The number of carboxylic acids is 1. The van der Waals surface area contributed by atoms with Crippen LogP contribution >= 0.6 is 0 Å². The highest BCUT2D eigenvalue weighted by molar-refractivity contribution is 7.91. The van der Waals surface area contributed by atoms with Gasteiger partial charge in [0, 0.05) is 13.0 Å².